The summed E-state index contributed by atoms with van der Waals surface area (Å²) in [6.45, 7) is 1.57. The van der Waals surface area contributed by atoms with Crippen LogP contribution in [-0.4, -0.2) is 31.3 Å². The maximum absolute atomic E-state index is 12.4. The number of para-hydroxylation sites is 1. The van der Waals surface area contributed by atoms with Crippen LogP contribution in [0.5, 0.6) is 0 Å². The van der Waals surface area contributed by atoms with Crippen molar-refractivity contribution in [3.63, 3.8) is 0 Å². The average Bonchev–Trinajstić information content (AvgIpc) is 2.68. The minimum absolute atomic E-state index is 0.111. The molecule has 0 saturated carbocycles. The normalized spacial score (nSPS) is 13.9. The van der Waals surface area contributed by atoms with Crippen molar-refractivity contribution in [1.82, 2.24) is 19.9 Å². The van der Waals surface area contributed by atoms with Crippen LogP contribution in [0.3, 0.4) is 0 Å². The van der Waals surface area contributed by atoms with Crippen molar-refractivity contribution in [3.05, 3.63) is 86.1 Å². The molecule has 27 heavy (non-hydrogen) atoms. The molecule has 0 aliphatic carbocycles. The second-order valence-corrected chi connectivity index (χ2v) is 6.42. The topological polar surface area (TPSA) is 105 Å². The molecule has 0 atom stereocenters. The summed E-state index contributed by atoms with van der Waals surface area (Å²) < 4.78 is 0. The molecule has 0 amide bonds. The van der Waals surface area contributed by atoms with Crippen LogP contribution in [0, 0.1) is 10.1 Å². The number of benzene rings is 1. The fraction of sp³-hybridized carbons (Fsp3) is 0.211. The Morgan fingerprint density at radius 3 is 2.74 bits per heavy atom. The summed E-state index contributed by atoms with van der Waals surface area (Å²) in [5, 5.41) is 11.2. The van der Waals surface area contributed by atoms with Gasteiger partial charge in [-0.05, 0) is 18.6 Å². The van der Waals surface area contributed by atoms with E-state index in [1.54, 1.807) is 42.7 Å². The fourth-order valence-corrected chi connectivity index (χ4v) is 3.34. The lowest BCUT2D eigenvalue weighted by Gasteiger charge is -2.27. The third-order valence-corrected chi connectivity index (χ3v) is 4.69. The van der Waals surface area contributed by atoms with Gasteiger partial charge in [-0.1, -0.05) is 18.2 Å². The molecule has 0 saturated heterocycles. The largest absolute Gasteiger partial charge is 0.306 e. The summed E-state index contributed by atoms with van der Waals surface area (Å²) >= 11 is 0. The summed E-state index contributed by atoms with van der Waals surface area (Å²) in [6, 6.07) is 10.3. The number of fused-ring (bicyclic) bond motifs is 1. The Hall–Kier alpha value is -3.39. The van der Waals surface area contributed by atoms with Gasteiger partial charge >= 0.3 is 0 Å². The Labute approximate surface area is 154 Å². The number of hydrogen-bond donors (Lipinski definition) is 1. The minimum Gasteiger partial charge on any atom is -0.306 e. The second kappa shape index (κ2) is 7.08. The zero-order valence-corrected chi connectivity index (χ0v) is 14.5. The molecule has 8 heteroatoms. The first-order valence-corrected chi connectivity index (χ1v) is 8.59. The van der Waals surface area contributed by atoms with Gasteiger partial charge in [0.25, 0.3) is 11.2 Å². The van der Waals surface area contributed by atoms with Gasteiger partial charge in [0, 0.05) is 54.8 Å². The molecule has 0 fully saturated rings. The van der Waals surface area contributed by atoms with E-state index in [1.807, 2.05) is 0 Å². The molecule has 8 nitrogen and oxygen atoms in total. The molecule has 3 aromatic rings. The Bertz CT molecular complexity index is 1050. The molecule has 1 aromatic carbocycles. The second-order valence-electron chi connectivity index (χ2n) is 6.42. The standard InChI is InChI=1S/C19H17N5O3/c25-19-15-7-10-23(11-14-3-1-2-4-17(14)24(26)27)12-16(15)21-18(22-19)13-5-8-20-9-6-13/h1-6,8-9H,7,10-12H2,(H,21,22,25). The molecule has 1 aliphatic rings. The van der Waals surface area contributed by atoms with Gasteiger partial charge in [-0.15, -0.1) is 0 Å². The van der Waals surface area contributed by atoms with E-state index < -0.39 is 0 Å². The number of aromatic amines is 1. The number of pyridine rings is 1. The molecule has 0 unspecified atom stereocenters. The Morgan fingerprint density at radius 1 is 1.19 bits per heavy atom. The summed E-state index contributed by atoms with van der Waals surface area (Å²) in [5.74, 6) is 0.508. The van der Waals surface area contributed by atoms with Crippen LogP contribution in [-0.2, 0) is 19.5 Å². The highest BCUT2D eigenvalue weighted by molar-refractivity contribution is 5.54. The van der Waals surface area contributed by atoms with Crippen LogP contribution in [0.1, 0.15) is 16.8 Å². The first kappa shape index (κ1) is 17.0. The highest BCUT2D eigenvalue weighted by Crippen LogP contribution is 2.23. The quantitative estimate of drug-likeness (QED) is 0.563. The monoisotopic (exact) mass is 363 g/mol. The molecule has 136 valence electrons. The molecule has 0 spiro atoms. The Kier molecular flexibility index (Phi) is 4.47. The summed E-state index contributed by atoms with van der Waals surface area (Å²) in [4.78, 5) is 36.8. The van der Waals surface area contributed by atoms with Crippen LogP contribution in [0.25, 0.3) is 11.4 Å². The van der Waals surface area contributed by atoms with Gasteiger partial charge in [-0.2, -0.15) is 0 Å². The number of rotatable bonds is 4. The fourth-order valence-electron chi connectivity index (χ4n) is 3.34. The number of nitrogens with one attached hydrogen (secondary N) is 1. The lowest BCUT2D eigenvalue weighted by atomic mass is 10.0. The van der Waals surface area contributed by atoms with Crippen molar-refractivity contribution in [3.8, 4) is 11.4 Å². The minimum atomic E-state index is -0.363. The van der Waals surface area contributed by atoms with E-state index in [0.29, 0.717) is 43.0 Å². The number of hydrogen-bond acceptors (Lipinski definition) is 6. The Balaban J connectivity index is 1.62. The van der Waals surface area contributed by atoms with E-state index in [9.17, 15) is 14.9 Å². The first-order chi connectivity index (χ1) is 13.1. The average molecular weight is 363 g/mol. The number of nitro benzene ring substituents is 1. The van der Waals surface area contributed by atoms with E-state index in [-0.39, 0.29) is 16.2 Å². The van der Waals surface area contributed by atoms with Gasteiger partial charge in [0.05, 0.1) is 10.6 Å². The van der Waals surface area contributed by atoms with E-state index in [4.69, 9.17) is 0 Å². The van der Waals surface area contributed by atoms with Crippen molar-refractivity contribution >= 4 is 5.69 Å². The zero-order chi connectivity index (χ0) is 18.8. The van der Waals surface area contributed by atoms with E-state index in [1.165, 1.54) is 6.07 Å². The molecule has 0 radical (unpaired) electrons. The van der Waals surface area contributed by atoms with Gasteiger partial charge < -0.3 is 4.98 Å². The predicted molar refractivity (Wildman–Crippen MR) is 99.0 cm³/mol. The third kappa shape index (κ3) is 3.47. The van der Waals surface area contributed by atoms with E-state index in [0.717, 1.165) is 11.3 Å². The smallest absolute Gasteiger partial charge is 0.273 e. The summed E-state index contributed by atoms with van der Waals surface area (Å²) in [6.07, 6.45) is 3.86. The van der Waals surface area contributed by atoms with Crippen molar-refractivity contribution in [2.45, 2.75) is 19.5 Å². The van der Waals surface area contributed by atoms with E-state index >= 15 is 0 Å². The van der Waals surface area contributed by atoms with Crippen LogP contribution in [0.4, 0.5) is 5.69 Å². The first-order valence-electron chi connectivity index (χ1n) is 8.59. The van der Waals surface area contributed by atoms with Crippen LogP contribution >= 0.6 is 0 Å². The van der Waals surface area contributed by atoms with Crippen molar-refractivity contribution in [1.29, 1.82) is 0 Å². The van der Waals surface area contributed by atoms with Crippen LogP contribution in [0.15, 0.2) is 53.6 Å². The number of nitro groups is 1. The van der Waals surface area contributed by atoms with Crippen LogP contribution < -0.4 is 5.56 Å². The zero-order valence-electron chi connectivity index (χ0n) is 14.5. The van der Waals surface area contributed by atoms with Gasteiger partial charge in [0.15, 0.2) is 0 Å². The molecular weight excluding hydrogens is 346 g/mol. The van der Waals surface area contributed by atoms with Crippen LogP contribution in [0.2, 0.25) is 0 Å². The molecule has 4 rings (SSSR count). The predicted octanol–water partition coefficient (Wildman–Crippen LogP) is 2.30. The maximum atomic E-state index is 12.4. The molecule has 2 aromatic heterocycles. The summed E-state index contributed by atoms with van der Waals surface area (Å²) in [7, 11) is 0. The molecule has 0 bridgehead atoms. The van der Waals surface area contributed by atoms with Crippen molar-refractivity contribution < 1.29 is 4.92 Å². The molecule has 3 heterocycles. The Morgan fingerprint density at radius 2 is 1.96 bits per heavy atom. The van der Waals surface area contributed by atoms with E-state index in [2.05, 4.69) is 19.9 Å². The molecular formula is C19H17N5O3. The highest BCUT2D eigenvalue weighted by Gasteiger charge is 2.23. The summed E-state index contributed by atoms with van der Waals surface area (Å²) in [5.41, 5.74) is 2.84. The van der Waals surface area contributed by atoms with Gasteiger partial charge in [0.1, 0.15) is 5.82 Å². The van der Waals surface area contributed by atoms with Crippen molar-refractivity contribution in [2.75, 3.05) is 6.54 Å². The molecule has 1 aliphatic heterocycles. The number of H-pyrrole nitrogens is 1. The van der Waals surface area contributed by atoms with Gasteiger partial charge in [0.2, 0.25) is 0 Å². The van der Waals surface area contributed by atoms with Gasteiger partial charge in [-0.3, -0.25) is 24.8 Å². The highest BCUT2D eigenvalue weighted by atomic mass is 16.6. The maximum Gasteiger partial charge on any atom is 0.273 e. The lowest BCUT2D eigenvalue weighted by Crippen LogP contribution is -2.35. The third-order valence-electron chi connectivity index (χ3n) is 4.69. The lowest BCUT2D eigenvalue weighted by molar-refractivity contribution is -0.385. The number of aromatic nitrogens is 3. The number of nitrogens with zero attached hydrogens (tertiary/aromatic N) is 4. The van der Waals surface area contributed by atoms with Crippen molar-refractivity contribution in [2.24, 2.45) is 0 Å². The SMILES string of the molecule is O=c1[nH]c(-c2ccncc2)nc2c1CCN(Cc1ccccc1[N+](=O)[O-])C2. The van der Waals surface area contributed by atoms with Gasteiger partial charge in [-0.25, -0.2) is 4.98 Å². The molecule has 1 N–H and O–H groups in total.